The number of hydrogen-bond acceptors (Lipinski definition) is 13. The molecule has 0 aliphatic rings. The zero-order valence-corrected chi connectivity index (χ0v) is 33.6. The number of pyridine rings is 4. The van der Waals surface area contributed by atoms with Crippen molar-refractivity contribution < 1.29 is 57.1 Å². The molecule has 0 aliphatic heterocycles. The molecule has 298 valence electrons. The lowest BCUT2D eigenvalue weighted by atomic mass is 10.0. The van der Waals surface area contributed by atoms with Gasteiger partial charge in [0.15, 0.2) is 17.2 Å². The van der Waals surface area contributed by atoms with Crippen molar-refractivity contribution in [2.24, 2.45) is 0 Å². The summed E-state index contributed by atoms with van der Waals surface area (Å²) in [6, 6.07) is 41.3. The SMILES string of the molecule is O=[P+](O)OOc1cccc(-c2ccc3ccc4ccc(-c5cc(OO[P+](=O)O)cc(-c6ccc7ccc8ccc(-c9cccc(OO[P+](=O)O)c9)nc8c7n6)c5)nc4c3n2)c1. The van der Waals surface area contributed by atoms with Gasteiger partial charge in [0, 0.05) is 57.5 Å². The summed E-state index contributed by atoms with van der Waals surface area (Å²) in [6.45, 7) is 0. The molecular formula is C42H26N4O12P3+3. The van der Waals surface area contributed by atoms with Crippen molar-refractivity contribution in [1.29, 1.82) is 0 Å². The van der Waals surface area contributed by atoms with Gasteiger partial charge in [-0.2, -0.15) is 0 Å². The Hall–Kier alpha value is -6.80. The molecular weight excluding hydrogens is 845 g/mol. The van der Waals surface area contributed by atoms with Crippen LogP contribution in [0.25, 0.3) is 88.6 Å². The molecule has 0 radical (unpaired) electrons. The molecule has 0 aliphatic carbocycles. The first-order valence-corrected chi connectivity index (χ1v) is 21.3. The van der Waals surface area contributed by atoms with E-state index in [1.165, 1.54) is 0 Å². The first kappa shape index (κ1) is 39.6. The third-order valence-corrected chi connectivity index (χ3v) is 9.99. The third-order valence-electron chi connectivity index (χ3n) is 9.39. The first-order valence-electron chi connectivity index (χ1n) is 17.9. The number of hydrogen-bond donors (Lipinski definition) is 3. The molecule has 0 spiro atoms. The van der Waals surface area contributed by atoms with E-state index in [1.54, 1.807) is 48.5 Å². The minimum atomic E-state index is -3.10. The van der Waals surface area contributed by atoms with Gasteiger partial charge < -0.3 is 0 Å². The van der Waals surface area contributed by atoms with Gasteiger partial charge in [-0.25, -0.2) is 19.9 Å². The minimum Gasteiger partial charge on any atom is -0.291 e. The maximum absolute atomic E-state index is 11.5. The molecule has 16 nitrogen and oxygen atoms in total. The van der Waals surface area contributed by atoms with E-state index in [0.717, 1.165) is 21.5 Å². The maximum Gasteiger partial charge on any atom is 0.735 e. The van der Waals surface area contributed by atoms with Gasteiger partial charge in [-0.1, -0.05) is 72.8 Å². The second-order valence-electron chi connectivity index (χ2n) is 13.2. The van der Waals surface area contributed by atoms with Gasteiger partial charge in [0.1, 0.15) is 14.0 Å². The highest BCUT2D eigenvalue weighted by molar-refractivity contribution is 7.32. The van der Waals surface area contributed by atoms with Crippen LogP contribution in [0.1, 0.15) is 0 Å². The second kappa shape index (κ2) is 17.1. The zero-order valence-electron chi connectivity index (χ0n) is 30.9. The number of aromatic nitrogens is 4. The fourth-order valence-electron chi connectivity index (χ4n) is 6.76. The highest BCUT2D eigenvalue weighted by atomic mass is 31.1. The van der Waals surface area contributed by atoms with E-state index in [4.69, 9.17) is 44.4 Å². The van der Waals surface area contributed by atoms with Crippen LogP contribution in [0.3, 0.4) is 0 Å². The number of benzene rings is 5. The molecule has 0 saturated carbocycles. The Morgan fingerprint density at radius 3 is 0.984 bits per heavy atom. The van der Waals surface area contributed by atoms with E-state index >= 15 is 0 Å². The number of fused-ring (bicyclic) bond motifs is 6. The molecule has 9 aromatic rings. The summed E-state index contributed by atoms with van der Waals surface area (Å²) in [5.74, 6) is 0.531. The Kier molecular flexibility index (Phi) is 11.1. The lowest BCUT2D eigenvalue weighted by molar-refractivity contribution is -0.101. The lowest BCUT2D eigenvalue weighted by Crippen LogP contribution is -1.95. The van der Waals surface area contributed by atoms with Crippen molar-refractivity contribution in [3.05, 3.63) is 140 Å². The molecule has 0 fully saturated rings. The molecule has 61 heavy (non-hydrogen) atoms. The minimum absolute atomic E-state index is 0.110. The molecule has 5 aromatic carbocycles. The summed E-state index contributed by atoms with van der Waals surface area (Å²) < 4.78 is 47.0. The summed E-state index contributed by atoms with van der Waals surface area (Å²) >= 11 is 0. The zero-order chi connectivity index (χ0) is 42.0. The van der Waals surface area contributed by atoms with Crippen molar-refractivity contribution in [2.75, 3.05) is 0 Å². The van der Waals surface area contributed by atoms with Crippen LogP contribution in [0, 0.1) is 0 Å². The Morgan fingerprint density at radius 2 is 0.639 bits per heavy atom. The molecule has 0 amide bonds. The first-order chi connectivity index (χ1) is 29.6. The van der Waals surface area contributed by atoms with E-state index in [9.17, 15) is 18.6 Å². The summed E-state index contributed by atoms with van der Waals surface area (Å²) in [7, 11) is -9.02. The number of nitrogens with zero attached hydrogens (tertiary/aromatic N) is 4. The molecule has 3 unspecified atom stereocenters. The Morgan fingerprint density at radius 1 is 0.344 bits per heavy atom. The van der Waals surface area contributed by atoms with E-state index in [0.29, 0.717) is 67.1 Å². The molecule has 0 bridgehead atoms. The van der Waals surface area contributed by atoms with E-state index in [2.05, 4.69) is 14.0 Å². The van der Waals surface area contributed by atoms with Gasteiger partial charge >= 0.3 is 24.8 Å². The van der Waals surface area contributed by atoms with E-state index < -0.39 is 24.8 Å². The summed E-state index contributed by atoms with van der Waals surface area (Å²) in [5, 5.41) is 3.28. The predicted molar refractivity (Wildman–Crippen MR) is 224 cm³/mol. The lowest BCUT2D eigenvalue weighted by Gasteiger charge is -2.11. The van der Waals surface area contributed by atoms with E-state index in [-0.39, 0.29) is 17.2 Å². The van der Waals surface area contributed by atoms with Crippen LogP contribution in [0.4, 0.5) is 0 Å². The molecule has 19 heteroatoms. The maximum atomic E-state index is 11.5. The van der Waals surface area contributed by atoms with Crippen LogP contribution in [0.15, 0.2) is 140 Å². The average molecular weight is 872 g/mol. The molecule has 3 atom stereocenters. The van der Waals surface area contributed by atoms with Crippen molar-refractivity contribution >= 4 is 68.4 Å². The fraction of sp³-hybridized carbons (Fsp3) is 0. The van der Waals surface area contributed by atoms with Crippen LogP contribution in [0.5, 0.6) is 17.2 Å². The highest BCUT2D eigenvalue weighted by Crippen LogP contribution is 2.36. The average Bonchev–Trinajstić information content (AvgIpc) is 3.28. The Balaban J connectivity index is 1.13. The van der Waals surface area contributed by atoms with Gasteiger partial charge in [0.2, 0.25) is 0 Å². The van der Waals surface area contributed by atoms with Crippen LogP contribution < -0.4 is 14.7 Å². The largest absolute Gasteiger partial charge is 0.735 e. The smallest absolute Gasteiger partial charge is 0.291 e. The van der Waals surface area contributed by atoms with Crippen LogP contribution >= 0.6 is 24.8 Å². The normalized spacial score (nSPS) is 12.1. The van der Waals surface area contributed by atoms with E-state index in [1.807, 2.05) is 91.0 Å². The highest BCUT2D eigenvalue weighted by Gasteiger charge is 2.20. The fourth-order valence-corrected chi connectivity index (χ4v) is 7.21. The van der Waals surface area contributed by atoms with Crippen molar-refractivity contribution in [3.63, 3.8) is 0 Å². The third kappa shape index (κ3) is 8.76. The topological polar surface area (TPSA) is 219 Å². The van der Waals surface area contributed by atoms with Crippen molar-refractivity contribution in [3.8, 4) is 62.3 Å². The van der Waals surface area contributed by atoms with Crippen LogP contribution in [0.2, 0.25) is 0 Å². The van der Waals surface area contributed by atoms with Gasteiger partial charge in [-0.3, -0.25) is 14.7 Å². The molecule has 4 heterocycles. The van der Waals surface area contributed by atoms with Gasteiger partial charge in [0.05, 0.1) is 44.8 Å². The Labute approximate surface area is 346 Å². The number of rotatable bonds is 13. The molecule has 3 N–H and O–H groups in total. The van der Waals surface area contributed by atoms with Crippen molar-refractivity contribution in [1.82, 2.24) is 19.9 Å². The Bertz CT molecular complexity index is 3050. The standard InChI is InChI=1S/C42H23N4O12P3/c47-59(48)56-53-32-5-1-3-28(20-32)35-15-11-24-7-9-26-13-17-37(45-41(26)39(24)43-35)30-19-31(23-34(22-30)55-58-61(51)52)38-18-14-27-10-8-25-12-16-36(44-40(25)42(27)46-38)29-4-2-6-33(21-29)54-57-60(49)50/h1-23H/p+3. The summed E-state index contributed by atoms with van der Waals surface area (Å²) in [5.41, 5.74) is 7.10. The summed E-state index contributed by atoms with van der Waals surface area (Å²) in [4.78, 5) is 62.6. The molecule has 4 aromatic heterocycles. The van der Waals surface area contributed by atoms with Gasteiger partial charge in [-0.05, 0) is 66.7 Å². The van der Waals surface area contributed by atoms with Crippen molar-refractivity contribution in [2.45, 2.75) is 0 Å². The quantitative estimate of drug-likeness (QED) is 0.0424. The van der Waals surface area contributed by atoms with Crippen LogP contribution in [-0.2, 0) is 27.7 Å². The predicted octanol–water partition coefficient (Wildman–Crippen LogP) is 10.4. The van der Waals surface area contributed by atoms with Gasteiger partial charge in [0.25, 0.3) is 0 Å². The van der Waals surface area contributed by atoms with Gasteiger partial charge in [-0.15, -0.1) is 14.7 Å². The molecule has 9 rings (SSSR count). The molecule has 0 saturated heterocycles. The van der Waals surface area contributed by atoms with Crippen LogP contribution in [-0.4, -0.2) is 34.6 Å². The monoisotopic (exact) mass is 871 g/mol. The summed E-state index contributed by atoms with van der Waals surface area (Å²) in [6.07, 6.45) is 0. The second-order valence-corrected chi connectivity index (χ2v) is 15.1.